The fourth-order valence-electron chi connectivity index (χ4n) is 3.57. The molecule has 1 aliphatic carbocycles. The van der Waals surface area contributed by atoms with E-state index in [0.29, 0.717) is 37.3 Å². The molecule has 0 saturated heterocycles. The third-order valence-electron chi connectivity index (χ3n) is 5.46. The van der Waals surface area contributed by atoms with E-state index in [1.54, 1.807) is 6.92 Å². The molecule has 0 spiro atoms. The Balaban J connectivity index is 1.37. The van der Waals surface area contributed by atoms with Crippen molar-refractivity contribution in [1.29, 1.82) is 0 Å². The van der Waals surface area contributed by atoms with Crippen LogP contribution in [0.2, 0.25) is 0 Å². The normalized spacial score (nSPS) is 16.6. The molecule has 0 atom stereocenters. The first-order chi connectivity index (χ1) is 13.0. The average molecular weight is 370 g/mol. The van der Waals surface area contributed by atoms with Gasteiger partial charge in [0.1, 0.15) is 5.82 Å². The zero-order valence-corrected chi connectivity index (χ0v) is 15.4. The van der Waals surface area contributed by atoms with Gasteiger partial charge in [0.2, 0.25) is 5.91 Å². The van der Waals surface area contributed by atoms with Gasteiger partial charge in [0.05, 0.1) is 31.0 Å². The summed E-state index contributed by atoms with van der Waals surface area (Å²) in [5, 5.41) is 7.35. The Labute approximate surface area is 157 Å². The van der Waals surface area contributed by atoms with Crippen molar-refractivity contribution in [1.82, 2.24) is 20.0 Å². The molecule has 27 heavy (non-hydrogen) atoms. The van der Waals surface area contributed by atoms with Crippen LogP contribution in [0, 0.1) is 18.7 Å². The number of fused-ring (bicyclic) bond motifs is 1. The molecule has 1 fully saturated rings. The Morgan fingerprint density at radius 3 is 2.78 bits per heavy atom. The van der Waals surface area contributed by atoms with E-state index in [0.717, 1.165) is 30.7 Å². The zero-order chi connectivity index (χ0) is 19.0. The topological polar surface area (TPSA) is 67.2 Å². The van der Waals surface area contributed by atoms with E-state index in [4.69, 9.17) is 0 Å². The van der Waals surface area contributed by atoms with E-state index in [2.05, 4.69) is 10.4 Å². The molecule has 2 amide bonds. The van der Waals surface area contributed by atoms with Crippen LogP contribution in [0.1, 0.15) is 46.6 Å². The van der Waals surface area contributed by atoms with Gasteiger partial charge in [-0.15, -0.1) is 0 Å². The minimum absolute atomic E-state index is 0.206. The number of nitrogens with zero attached hydrogens (tertiary/aromatic N) is 3. The summed E-state index contributed by atoms with van der Waals surface area (Å²) in [5.74, 6) is -0.118. The molecule has 142 valence electrons. The molecule has 1 aromatic carbocycles. The molecule has 2 aliphatic rings. The number of carbonyl (C=O) groups is 2. The lowest BCUT2D eigenvalue weighted by Gasteiger charge is -2.34. The Bertz CT molecular complexity index is 888. The number of rotatable bonds is 4. The van der Waals surface area contributed by atoms with Crippen molar-refractivity contribution >= 4 is 11.8 Å². The third-order valence-corrected chi connectivity index (χ3v) is 5.46. The predicted molar refractivity (Wildman–Crippen MR) is 97.3 cm³/mol. The van der Waals surface area contributed by atoms with Gasteiger partial charge in [-0.1, -0.05) is 6.42 Å². The first-order valence-electron chi connectivity index (χ1n) is 9.40. The lowest BCUT2D eigenvalue weighted by molar-refractivity contribution is -0.139. The zero-order valence-electron chi connectivity index (χ0n) is 15.4. The summed E-state index contributed by atoms with van der Waals surface area (Å²) in [6.45, 7) is 3.87. The number of amides is 2. The molecule has 7 heteroatoms. The summed E-state index contributed by atoms with van der Waals surface area (Å²) < 4.78 is 15.2. The van der Waals surface area contributed by atoms with E-state index in [9.17, 15) is 14.0 Å². The molecule has 2 heterocycles. The lowest BCUT2D eigenvalue weighted by Crippen LogP contribution is -2.43. The first kappa shape index (κ1) is 17.7. The summed E-state index contributed by atoms with van der Waals surface area (Å²) in [4.78, 5) is 26.6. The number of benzene rings is 1. The van der Waals surface area contributed by atoms with Crippen LogP contribution in [-0.4, -0.2) is 33.0 Å². The fourth-order valence-corrected chi connectivity index (χ4v) is 3.57. The molecule has 1 aromatic heterocycles. The highest BCUT2D eigenvalue weighted by atomic mass is 19.1. The van der Waals surface area contributed by atoms with Crippen LogP contribution in [0.4, 0.5) is 4.39 Å². The highest BCUT2D eigenvalue weighted by Crippen LogP contribution is 2.29. The maximum atomic E-state index is 13.3. The van der Waals surface area contributed by atoms with Gasteiger partial charge in [0.15, 0.2) is 0 Å². The van der Waals surface area contributed by atoms with Gasteiger partial charge in [-0.25, -0.2) is 4.39 Å². The summed E-state index contributed by atoms with van der Waals surface area (Å²) in [5.41, 5.74) is 2.62. The highest BCUT2D eigenvalue weighted by Gasteiger charge is 2.31. The molecule has 0 radical (unpaired) electrons. The number of aryl methyl sites for hydroxylation is 1. The summed E-state index contributed by atoms with van der Waals surface area (Å²) in [6, 6.07) is 6.25. The maximum Gasteiger partial charge on any atom is 0.251 e. The number of halogens is 1. The smallest absolute Gasteiger partial charge is 0.251 e. The molecule has 0 unspecified atom stereocenters. The van der Waals surface area contributed by atoms with Crippen molar-refractivity contribution in [3.05, 3.63) is 52.6 Å². The Morgan fingerprint density at radius 1 is 1.26 bits per heavy atom. The number of aromatic nitrogens is 2. The predicted octanol–water partition coefficient (Wildman–Crippen LogP) is 2.40. The minimum atomic E-state index is -0.325. The Hall–Kier alpha value is -2.70. The van der Waals surface area contributed by atoms with Crippen molar-refractivity contribution in [3.8, 4) is 0 Å². The van der Waals surface area contributed by atoms with Crippen molar-refractivity contribution in [2.75, 3.05) is 6.54 Å². The van der Waals surface area contributed by atoms with E-state index in [1.807, 2.05) is 15.6 Å². The highest BCUT2D eigenvalue weighted by molar-refractivity contribution is 5.94. The van der Waals surface area contributed by atoms with E-state index in [1.165, 1.54) is 18.2 Å². The van der Waals surface area contributed by atoms with Gasteiger partial charge in [-0.05, 0) is 49.6 Å². The second-order valence-electron chi connectivity index (χ2n) is 7.38. The Morgan fingerprint density at radius 2 is 2.07 bits per heavy atom. The number of carbonyl (C=O) groups excluding carboxylic acids is 2. The van der Waals surface area contributed by atoms with Crippen LogP contribution in [-0.2, 0) is 24.4 Å². The van der Waals surface area contributed by atoms with Crippen molar-refractivity contribution < 1.29 is 14.0 Å². The van der Waals surface area contributed by atoms with Gasteiger partial charge in [0.25, 0.3) is 5.91 Å². The Kier molecular flexibility index (Phi) is 4.68. The van der Waals surface area contributed by atoms with Crippen molar-refractivity contribution in [2.24, 2.45) is 5.92 Å². The maximum absolute atomic E-state index is 13.3. The fraction of sp³-hybridized carbons (Fsp3) is 0.450. The molecular formula is C20H23FN4O2. The van der Waals surface area contributed by atoms with Gasteiger partial charge in [0, 0.05) is 18.0 Å². The number of hydrogen-bond donors (Lipinski definition) is 1. The summed E-state index contributed by atoms with van der Waals surface area (Å²) >= 11 is 0. The first-order valence-corrected chi connectivity index (χ1v) is 9.40. The molecule has 6 nitrogen and oxygen atoms in total. The quantitative estimate of drug-likeness (QED) is 0.899. The SMILES string of the molecule is Cc1cc(C(=O)NCc2cc3n(n2)CCN(C(=O)C2CCC2)C3)ccc1F. The molecule has 1 N–H and O–H groups in total. The van der Waals surface area contributed by atoms with Gasteiger partial charge >= 0.3 is 0 Å². The lowest BCUT2D eigenvalue weighted by atomic mass is 9.84. The van der Waals surface area contributed by atoms with Crippen LogP contribution in [0.25, 0.3) is 0 Å². The second-order valence-corrected chi connectivity index (χ2v) is 7.38. The van der Waals surface area contributed by atoms with Crippen molar-refractivity contribution in [3.63, 3.8) is 0 Å². The van der Waals surface area contributed by atoms with E-state index in [-0.39, 0.29) is 23.5 Å². The van der Waals surface area contributed by atoms with Crippen LogP contribution >= 0.6 is 0 Å². The van der Waals surface area contributed by atoms with Gasteiger partial charge in [-0.2, -0.15) is 5.10 Å². The van der Waals surface area contributed by atoms with Crippen LogP contribution in [0.3, 0.4) is 0 Å². The summed E-state index contributed by atoms with van der Waals surface area (Å²) in [7, 11) is 0. The standard InChI is InChI=1S/C20H23FN4O2/c1-13-9-15(5-6-18(13)21)19(26)22-11-16-10-17-12-24(7-8-25(17)23-16)20(27)14-3-2-4-14/h5-6,9-10,14H,2-4,7-8,11-12H2,1H3,(H,22,26). The van der Waals surface area contributed by atoms with Crippen molar-refractivity contribution in [2.45, 2.75) is 45.8 Å². The van der Waals surface area contributed by atoms with E-state index < -0.39 is 0 Å². The third kappa shape index (κ3) is 3.59. The summed E-state index contributed by atoms with van der Waals surface area (Å²) in [6.07, 6.45) is 3.17. The molecule has 4 rings (SSSR count). The molecule has 1 saturated carbocycles. The van der Waals surface area contributed by atoms with Crippen LogP contribution in [0.15, 0.2) is 24.3 Å². The molecule has 1 aliphatic heterocycles. The van der Waals surface area contributed by atoms with E-state index >= 15 is 0 Å². The number of nitrogens with one attached hydrogen (secondary N) is 1. The average Bonchev–Trinajstić information content (AvgIpc) is 3.02. The minimum Gasteiger partial charge on any atom is -0.346 e. The number of hydrogen-bond acceptors (Lipinski definition) is 3. The van der Waals surface area contributed by atoms with Gasteiger partial charge in [-0.3, -0.25) is 14.3 Å². The molecular weight excluding hydrogens is 347 g/mol. The van der Waals surface area contributed by atoms with Crippen LogP contribution < -0.4 is 5.32 Å². The molecule has 0 bridgehead atoms. The largest absolute Gasteiger partial charge is 0.346 e. The van der Waals surface area contributed by atoms with Crippen LogP contribution in [0.5, 0.6) is 0 Å². The molecule has 2 aromatic rings. The van der Waals surface area contributed by atoms with Gasteiger partial charge < -0.3 is 10.2 Å². The second kappa shape index (κ2) is 7.13. The monoisotopic (exact) mass is 370 g/mol.